The summed E-state index contributed by atoms with van der Waals surface area (Å²) in [6, 6.07) is 0.480. The summed E-state index contributed by atoms with van der Waals surface area (Å²) >= 11 is 0. The van der Waals surface area contributed by atoms with Gasteiger partial charge in [-0.2, -0.15) is 0 Å². The summed E-state index contributed by atoms with van der Waals surface area (Å²) in [5.41, 5.74) is 6.02. The zero-order chi connectivity index (χ0) is 32.2. The Bertz CT molecular complexity index is 680. The number of unbranched alkanes of at least 4 members (excludes halogenated alkanes) is 22. The lowest BCUT2D eigenvalue weighted by Crippen LogP contribution is -2.36. The van der Waals surface area contributed by atoms with Crippen LogP contribution in [0.2, 0.25) is 0 Å². The Labute approximate surface area is 272 Å². The van der Waals surface area contributed by atoms with E-state index in [1.165, 1.54) is 122 Å². The molecular formula is C38H72N2O4. The third-order valence-corrected chi connectivity index (χ3v) is 8.54. The second-order valence-electron chi connectivity index (χ2n) is 12.8. The summed E-state index contributed by atoms with van der Waals surface area (Å²) in [6.07, 6.45) is 42.7. The summed E-state index contributed by atoms with van der Waals surface area (Å²) in [4.78, 5) is 21.0. The number of nitrogens with two attached hydrogens (primary N) is 1. The van der Waals surface area contributed by atoms with Crippen molar-refractivity contribution in [2.75, 3.05) is 13.1 Å². The fourth-order valence-corrected chi connectivity index (χ4v) is 5.67. The van der Waals surface area contributed by atoms with Gasteiger partial charge in [0.1, 0.15) is 0 Å². The first kappa shape index (κ1) is 42.3. The van der Waals surface area contributed by atoms with Gasteiger partial charge in [0.15, 0.2) is 0 Å². The van der Waals surface area contributed by atoms with Crippen molar-refractivity contribution < 1.29 is 19.8 Å². The Balaban J connectivity index is 3.35. The molecule has 1 unspecified atom stereocenters. The van der Waals surface area contributed by atoms with Gasteiger partial charge in [-0.05, 0) is 83.6 Å². The standard InChI is InChI=1S/C38H72N2O4/c39-35-36(31-27-23-19-15-11-7-3-1-4-8-12-16-20-24-28-32-37(41)42)40-34-30-26-22-18-14-10-6-2-5-9-13-17-21-25-29-33-38(43)44/h1-2,4-5,36,40H,3,6-35,39H2,(H,41,42)(H,43,44). The third-order valence-electron chi connectivity index (χ3n) is 8.54. The summed E-state index contributed by atoms with van der Waals surface area (Å²) in [5, 5.41) is 21.0. The molecule has 0 saturated carbocycles. The van der Waals surface area contributed by atoms with E-state index in [0.29, 0.717) is 18.9 Å². The fourth-order valence-electron chi connectivity index (χ4n) is 5.67. The van der Waals surface area contributed by atoms with Crippen molar-refractivity contribution in [1.82, 2.24) is 5.32 Å². The molecule has 258 valence electrons. The summed E-state index contributed by atoms with van der Waals surface area (Å²) in [7, 11) is 0. The maximum Gasteiger partial charge on any atom is 0.303 e. The van der Waals surface area contributed by atoms with Crippen molar-refractivity contribution in [1.29, 1.82) is 0 Å². The Morgan fingerprint density at radius 2 is 0.795 bits per heavy atom. The smallest absolute Gasteiger partial charge is 0.303 e. The van der Waals surface area contributed by atoms with E-state index in [2.05, 4.69) is 29.6 Å². The van der Waals surface area contributed by atoms with Crippen molar-refractivity contribution in [3.05, 3.63) is 24.3 Å². The monoisotopic (exact) mass is 621 g/mol. The number of aliphatic carboxylic acids is 2. The van der Waals surface area contributed by atoms with Gasteiger partial charge in [0.2, 0.25) is 0 Å². The van der Waals surface area contributed by atoms with Crippen LogP contribution in [0, 0.1) is 0 Å². The molecule has 44 heavy (non-hydrogen) atoms. The molecule has 6 nitrogen and oxygen atoms in total. The highest BCUT2D eigenvalue weighted by molar-refractivity contribution is 5.66. The van der Waals surface area contributed by atoms with Crippen molar-refractivity contribution >= 4 is 11.9 Å². The van der Waals surface area contributed by atoms with Crippen LogP contribution < -0.4 is 11.1 Å². The summed E-state index contributed by atoms with van der Waals surface area (Å²) in [6.45, 7) is 1.85. The molecule has 0 amide bonds. The lowest BCUT2D eigenvalue weighted by atomic mass is 10.0. The maximum absolute atomic E-state index is 10.5. The molecule has 0 heterocycles. The van der Waals surface area contributed by atoms with E-state index in [9.17, 15) is 9.59 Å². The van der Waals surface area contributed by atoms with Gasteiger partial charge < -0.3 is 21.3 Å². The Kier molecular flexibility index (Phi) is 34.5. The van der Waals surface area contributed by atoms with Gasteiger partial charge in [-0.3, -0.25) is 9.59 Å². The first-order valence-corrected chi connectivity index (χ1v) is 18.7. The second-order valence-corrected chi connectivity index (χ2v) is 12.8. The molecule has 0 rings (SSSR count). The van der Waals surface area contributed by atoms with Gasteiger partial charge in [-0.1, -0.05) is 121 Å². The molecule has 0 bridgehead atoms. The van der Waals surface area contributed by atoms with Gasteiger partial charge in [0.25, 0.3) is 0 Å². The lowest BCUT2D eigenvalue weighted by Gasteiger charge is -2.16. The van der Waals surface area contributed by atoms with E-state index < -0.39 is 11.9 Å². The number of hydrogen-bond acceptors (Lipinski definition) is 4. The molecule has 1 atom stereocenters. The predicted octanol–water partition coefficient (Wildman–Crippen LogP) is 10.5. The molecule has 0 aromatic heterocycles. The predicted molar refractivity (Wildman–Crippen MR) is 188 cm³/mol. The highest BCUT2D eigenvalue weighted by Crippen LogP contribution is 2.13. The molecule has 0 aliphatic rings. The molecule has 0 aromatic carbocycles. The summed E-state index contributed by atoms with van der Waals surface area (Å²) in [5.74, 6) is -1.34. The van der Waals surface area contributed by atoms with Gasteiger partial charge in [-0.25, -0.2) is 0 Å². The quantitative estimate of drug-likeness (QED) is 0.0409. The van der Waals surface area contributed by atoms with E-state index in [-0.39, 0.29) is 0 Å². The Morgan fingerprint density at radius 3 is 1.16 bits per heavy atom. The number of allylic oxidation sites excluding steroid dienone is 4. The zero-order valence-corrected chi connectivity index (χ0v) is 28.6. The molecule has 0 spiro atoms. The van der Waals surface area contributed by atoms with Crippen molar-refractivity contribution in [2.45, 2.75) is 192 Å². The normalized spacial score (nSPS) is 12.5. The van der Waals surface area contributed by atoms with Gasteiger partial charge in [-0.15, -0.1) is 0 Å². The van der Waals surface area contributed by atoms with Crippen LogP contribution >= 0.6 is 0 Å². The van der Waals surface area contributed by atoms with E-state index in [1.807, 2.05) is 0 Å². The van der Waals surface area contributed by atoms with Gasteiger partial charge in [0.05, 0.1) is 0 Å². The molecule has 0 aromatic rings. The first-order chi connectivity index (χ1) is 21.6. The minimum absolute atomic E-state index is 0.316. The van der Waals surface area contributed by atoms with Crippen LogP contribution in [0.3, 0.4) is 0 Å². The molecular weight excluding hydrogens is 548 g/mol. The fraction of sp³-hybridized carbons (Fsp3) is 0.842. The topological polar surface area (TPSA) is 113 Å². The van der Waals surface area contributed by atoms with Crippen LogP contribution in [0.25, 0.3) is 0 Å². The Hall–Kier alpha value is -1.66. The molecule has 0 aliphatic heterocycles. The second kappa shape index (κ2) is 35.8. The van der Waals surface area contributed by atoms with Crippen molar-refractivity contribution in [2.24, 2.45) is 5.73 Å². The molecule has 6 heteroatoms. The van der Waals surface area contributed by atoms with E-state index >= 15 is 0 Å². The van der Waals surface area contributed by atoms with Gasteiger partial charge in [0, 0.05) is 25.4 Å². The lowest BCUT2D eigenvalue weighted by molar-refractivity contribution is -0.138. The number of carboxylic acids is 2. The minimum Gasteiger partial charge on any atom is -0.481 e. The van der Waals surface area contributed by atoms with Crippen LogP contribution in [0.15, 0.2) is 24.3 Å². The highest BCUT2D eigenvalue weighted by atomic mass is 16.4. The van der Waals surface area contributed by atoms with Crippen molar-refractivity contribution in [3.63, 3.8) is 0 Å². The zero-order valence-electron chi connectivity index (χ0n) is 28.6. The average Bonchev–Trinajstić information content (AvgIpc) is 3.00. The Morgan fingerprint density at radius 1 is 0.477 bits per heavy atom. The SMILES string of the molecule is NCC(CCCCCCCCC=CCCCCCCCC(=O)O)NCCCCCCCCC=CCCCCCCCC(=O)O. The average molecular weight is 621 g/mol. The van der Waals surface area contributed by atoms with E-state index in [1.54, 1.807) is 0 Å². The largest absolute Gasteiger partial charge is 0.481 e. The molecule has 0 aliphatic carbocycles. The van der Waals surface area contributed by atoms with E-state index in [0.717, 1.165) is 64.5 Å². The van der Waals surface area contributed by atoms with Crippen LogP contribution in [-0.4, -0.2) is 41.3 Å². The number of carbonyl (C=O) groups is 2. The molecule has 0 saturated heterocycles. The van der Waals surface area contributed by atoms with Crippen molar-refractivity contribution in [3.8, 4) is 0 Å². The third kappa shape index (κ3) is 36.5. The number of nitrogens with one attached hydrogen (secondary N) is 1. The molecule has 0 radical (unpaired) electrons. The molecule has 0 fully saturated rings. The van der Waals surface area contributed by atoms with Crippen LogP contribution in [0.5, 0.6) is 0 Å². The summed E-state index contributed by atoms with van der Waals surface area (Å²) < 4.78 is 0. The number of hydrogen-bond donors (Lipinski definition) is 4. The van der Waals surface area contributed by atoms with Gasteiger partial charge >= 0.3 is 11.9 Å². The first-order valence-electron chi connectivity index (χ1n) is 18.7. The van der Waals surface area contributed by atoms with E-state index in [4.69, 9.17) is 15.9 Å². The number of rotatable bonds is 36. The molecule has 5 N–H and O–H groups in total. The van der Waals surface area contributed by atoms with Crippen LogP contribution in [-0.2, 0) is 9.59 Å². The van der Waals surface area contributed by atoms with Crippen LogP contribution in [0.1, 0.15) is 186 Å². The van der Waals surface area contributed by atoms with Crippen LogP contribution in [0.4, 0.5) is 0 Å². The minimum atomic E-state index is -0.673. The number of carboxylic acid groups (broad SMARTS) is 2. The highest BCUT2D eigenvalue weighted by Gasteiger charge is 2.05. The maximum atomic E-state index is 10.5.